The SMILES string of the molecule is O=C(c1cc(C2CC2)c(OCC2(F)CCN(Cc3ccc(C(F)(F)F)cc3Cl)CC2)cc1F)N1CCC(F)C1. The number of benzene rings is 2. The second-order valence-electron chi connectivity index (χ2n) is 10.8. The van der Waals surface area contributed by atoms with Gasteiger partial charge in [0.25, 0.3) is 5.91 Å². The summed E-state index contributed by atoms with van der Waals surface area (Å²) in [4.78, 5) is 16.0. The molecular formula is C28H29ClF6N2O2. The highest BCUT2D eigenvalue weighted by atomic mass is 35.5. The van der Waals surface area contributed by atoms with Crippen LogP contribution >= 0.6 is 11.6 Å². The molecule has 212 valence electrons. The van der Waals surface area contributed by atoms with Crippen molar-refractivity contribution in [3.8, 4) is 5.75 Å². The Hall–Kier alpha value is -2.46. The van der Waals surface area contributed by atoms with E-state index in [1.54, 1.807) is 0 Å². The first-order chi connectivity index (χ1) is 18.4. The smallest absolute Gasteiger partial charge is 0.416 e. The Bertz CT molecular complexity index is 1230. The largest absolute Gasteiger partial charge is 0.490 e. The average molecular weight is 575 g/mol. The Morgan fingerprint density at radius 3 is 2.38 bits per heavy atom. The van der Waals surface area contributed by atoms with Gasteiger partial charge in [-0.15, -0.1) is 0 Å². The molecule has 1 saturated carbocycles. The van der Waals surface area contributed by atoms with Gasteiger partial charge in [0.1, 0.15) is 30.0 Å². The second kappa shape index (κ2) is 10.8. The van der Waals surface area contributed by atoms with Crippen LogP contribution < -0.4 is 4.74 Å². The topological polar surface area (TPSA) is 32.8 Å². The van der Waals surface area contributed by atoms with Crippen LogP contribution in [0.4, 0.5) is 26.3 Å². The summed E-state index contributed by atoms with van der Waals surface area (Å²) in [5.74, 6) is -1.01. The molecule has 0 bridgehead atoms. The van der Waals surface area contributed by atoms with Crippen LogP contribution in [0.1, 0.15) is 65.1 Å². The van der Waals surface area contributed by atoms with Crippen LogP contribution in [-0.2, 0) is 12.7 Å². The van der Waals surface area contributed by atoms with E-state index in [0.29, 0.717) is 30.8 Å². The minimum Gasteiger partial charge on any atom is -0.490 e. The van der Waals surface area contributed by atoms with Gasteiger partial charge in [0, 0.05) is 37.3 Å². The van der Waals surface area contributed by atoms with Crippen molar-refractivity contribution in [2.24, 2.45) is 0 Å². The van der Waals surface area contributed by atoms with Crippen LogP contribution in [0.3, 0.4) is 0 Å². The number of likely N-dealkylation sites (tertiary alicyclic amines) is 2. The summed E-state index contributed by atoms with van der Waals surface area (Å²) in [6, 6.07) is 5.82. The van der Waals surface area contributed by atoms with Crippen molar-refractivity contribution in [1.29, 1.82) is 0 Å². The van der Waals surface area contributed by atoms with Gasteiger partial charge >= 0.3 is 6.18 Å². The first kappa shape index (κ1) is 28.1. The first-order valence-corrected chi connectivity index (χ1v) is 13.5. The van der Waals surface area contributed by atoms with E-state index in [4.69, 9.17) is 16.3 Å². The molecule has 5 rings (SSSR count). The molecule has 0 spiro atoms. The molecule has 2 aliphatic heterocycles. The zero-order chi connectivity index (χ0) is 27.9. The molecule has 1 unspecified atom stereocenters. The highest BCUT2D eigenvalue weighted by Gasteiger charge is 2.38. The predicted molar refractivity (Wildman–Crippen MR) is 134 cm³/mol. The molecule has 3 aliphatic rings. The van der Waals surface area contributed by atoms with Gasteiger partial charge in [0.05, 0.1) is 17.7 Å². The number of amides is 1. The Morgan fingerprint density at radius 2 is 1.79 bits per heavy atom. The third kappa shape index (κ3) is 6.48. The maximum absolute atomic E-state index is 15.6. The highest BCUT2D eigenvalue weighted by Crippen LogP contribution is 2.46. The van der Waals surface area contributed by atoms with Crippen LogP contribution in [0.15, 0.2) is 30.3 Å². The van der Waals surface area contributed by atoms with Crippen molar-refractivity contribution in [2.45, 2.75) is 62.6 Å². The number of hydrogen-bond donors (Lipinski definition) is 0. The lowest BCUT2D eigenvalue weighted by Gasteiger charge is -2.36. The van der Waals surface area contributed by atoms with Crippen molar-refractivity contribution in [3.05, 3.63) is 63.4 Å². The quantitative estimate of drug-likeness (QED) is 0.336. The molecule has 1 atom stereocenters. The molecule has 1 amide bonds. The van der Waals surface area contributed by atoms with E-state index in [1.807, 2.05) is 4.90 Å². The number of carbonyl (C=O) groups is 1. The van der Waals surface area contributed by atoms with Gasteiger partial charge in [-0.2, -0.15) is 13.2 Å². The van der Waals surface area contributed by atoms with Gasteiger partial charge in [0.2, 0.25) is 0 Å². The van der Waals surface area contributed by atoms with Crippen molar-refractivity contribution >= 4 is 17.5 Å². The molecule has 3 fully saturated rings. The number of ether oxygens (including phenoxy) is 1. The van der Waals surface area contributed by atoms with Crippen molar-refractivity contribution < 1.29 is 35.9 Å². The van der Waals surface area contributed by atoms with E-state index >= 15 is 4.39 Å². The van der Waals surface area contributed by atoms with Crippen LogP contribution in [0.25, 0.3) is 0 Å². The Labute approximate surface area is 227 Å². The van der Waals surface area contributed by atoms with Crippen molar-refractivity contribution in [3.63, 3.8) is 0 Å². The van der Waals surface area contributed by atoms with Crippen LogP contribution in [0.5, 0.6) is 5.75 Å². The molecule has 2 aromatic rings. The fraction of sp³-hybridized carbons (Fsp3) is 0.536. The van der Waals surface area contributed by atoms with Gasteiger partial charge in [-0.05, 0) is 67.3 Å². The summed E-state index contributed by atoms with van der Waals surface area (Å²) >= 11 is 6.07. The van der Waals surface area contributed by atoms with Gasteiger partial charge in [-0.1, -0.05) is 17.7 Å². The van der Waals surface area contributed by atoms with Gasteiger partial charge < -0.3 is 9.64 Å². The fourth-order valence-electron chi connectivity index (χ4n) is 5.20. The monoisotopic (exact) mass is 574 g/mol. The number of alkyl halides is 5. The summed E-state index contributed by atoms with van der Waals surface area (Å²) in [7, 11) is 0. The van der Waals surface area contributed by atoms with Crippen LogP contribution in [-0.4, -0.2) is 60.3 Å². The minimum absolute atomic E-state index is 0.0102. The first-order valence-electron chi connectivity index (χ1n) is 13.1. The number of hydrogen-bond acceptors (Lipinski definition) is 3. The molecule has 39 heavy (non-hydrogen) atoms. The van der Waals surface area contributed by atoms with E-state index in [0.717, 1.165) is 31.0 Å². The summed E-state index contributed by atoms with van der Waals surface area (Å²) < 4.78 is 88.6. The lowest BCUT2D eigenvalue weighted by atomic mass is 9.93. The zero-order valence-corrected chi connectivity index (χ0v) is 21.9. The van der Waals surface area contributed by atoms with Crippen molar-refractivity contribution in [2.75, 3.05) is 32.8 Å². The lowest BCUT2D eigenvalue weighted by molar-refractivity contribution is -0.137. The maximum atomic E-state index is 15.6. The maximum Gasteiger partial charge on any atom is 0.416 e. The number of carbonyl (C=O) groups excluding carboxylic acids is 1. The molecule has 0 N–H and O–H groups in total. The van der Waals surface area contributed by atoms with E-state index in [-0.39, 0.29) is 61.2 Å². The zero-order valence-electron chi connectivity index (χ0n) is 21.2. The van der Waals surface area contributed by atoms with Crippen LogP contribution in [0.2, 0.25) is 5.02 Å². The third-order valence-corrected chi connectivity index (χ3v) is 8.13. The molecule has 1 aliphatic carbocycles. The second-order valence-corrected chi connectivity index (χ2v) is 11.2. The molecule has 11 heteroatoms. The molecule has 2 aromatic carbocycles. The van der Waals surface area contributed by atoms with Crippen molar-refractivity contribution in [1.82, 2.24) is 9.80 Å². The van der Waals surface area contributed by atoms with Gasteiger partial charge in [-0.25, -0.2) is 13.2 Å². The summed E-state index contributed by atoms with van der Waals surface area (Å²) in [5, 5.41) is 0.0102. The molecule has 0 aromatic heterocycles. The molecule has 4 nitrogen and oxygen atoms in total. The highest BCUT2D eigenvalue weighted by molar-refractivity contribution is 6.31. The lowest BCUT2D eigenvalue weighted by Crippen LogP contribution is -2.44. The van der Waals surface area contributed by atoms with Crippen LogP contribution in [0, 0.1) is 5.82 Å². The predicted octanol–water partition coefficient (Wildman–Crippen LogP) is 6.94. The number of nitrogens with zero attached hydrogens (tertiary/aromatic N) is 2. The summed E-state index contributed by atoms with van der Waals surface area (Å²) in [6.45, 7) is 0.884. The Morgan fingerprint density at radius 1 is 1.08 bits per heavy atom. The normalized spacial score (nSPS) is 21.8. The third-order valence-electron chi connectivity index (χ3n) is 7.78. The summed E-state index contributed by atoms with van der Waals surface area (Å²) in [6.07, 6.45) is -3.39. The van der Waals surface area contributed by atoms with E-state index in [9.17, 15) is 26.7 Å². The Balaban J connectivity index is 1.20. The average Bonchev–Trinajstić information content (AvgIpc) is 3.64. The van der Waals surface area contributed by atoms with Gasteiger partial charge in [0.15, 0.2) is 0 Å². The number of piperidine rings is 1. The number of halogens is 7. The Kier molecular flexibility index (Phi) is 7.81. The van der Waals surface area contributed by atoms with E-state index in [2.05, 4.69) is 0 Å². The molecular weight excluding hydrogens is 546 g/mol. The summed E-state index contributed by atoms with van der Waals surface area (Å²) in [5.41, 5.74) is -1.42. The standard InChI is InChI=1S/C28H29ClF6N2O2/c29-23-11-19(28(33,34)35)4-3-18(23)14-36-9-6-27(32,7-10-36)16-39-25-13-24(31)22(12-21(25)17-1-2-17)26(38)37-8-5-20(30)15-37/h3-4,11-13,17,20H,1-2,5-10,14-16H2. The van der Waals surface area contributed by atoms with E-state index < -0.39 is 35.3 Å². The molecule has 2 heterocycles. The minimum atomic E-state index is -4.48. The van der Waals surface area contributed by atoms with E-state index in [1.165, 1.54) is 17.0 Å². The fourth-order valence-corrected chi connectivity index (χ4v) is 5.44. The van der Waals surface area contributed by atoms with Gasteiger partial charge in [-0.3, -0.25) is 9.69 Å². The number of rotatable bonds is 7. The molecule has 2 saturated heterocycles. The molecule has 0 radical (unpaired) electrons.